The number of rotatable bonds is 5. The Balaban J connectivity index is 1.31. The van der Waals surface area contributed by atoms with Gasteiger partial charge in [-0.1, -0.05) is 61.4 Å². The van der Waals surface area contributed by atoms with Gasteiger partial charge in [-0.15, -0.1) is 0 Å². The fourth-order valence-electron chi connectivity index (χ4n) is 6.77. The molecule has 196 valence electrons. The highest BCUT2D eigenvalue weighted by molar-refractivity contribution is 5.95. The summed E-state index contributed by atoms with van der Waals surface area (Å²) in [6.45, 7) is 0.714. The second-order valence-electron chi connectivity index (χ2n) is 10.8. The van der Waals surface area contributed by atoms with Gasteiger partial charge in [-0.05, 0) is 55.2 Å². The Morgan fingerprint density at radius 2 is 1.66 bits per heavy atom. The minimum absolute atomic E-state index is 0.0357. The molecular formula is C32H35N3O3. The first kappa shape index (κ1) is 24.5. The average Bonchev–Trinajstić information content (AvgIpc) is 3.43. The third kappa shape index (κ3) is 4.53. The molecule has 2 heterocycles. The number of nitrogens with one attached hydrogen (secondary N) is 2. The molecule has 3 aromatic carbocycles. The first-order valence-corrected chi connectivity index (χ1v) is 13.8. The van der Waals surface area contributed by atoms with E-state index in [4.69, 9.17) is 4.74 Å². The van der Waals surface area contributed by atoms with Gasteiger partial charge in [0.2, 0.25) is 5.91 Å². The molecule has 3 aromatic rings. The second kappa shape index (κ2) is 10.5. The molecule has 0 radical (unpaired) electrons. The molecule has 2 aliphatic heterocycles. The van der Waals surface area contributed by atoms with Crippen LogP contribution in [-0.2, 0) is 4.79 Å². The lowest BCUT2D eigenvalue weighted by atomic mass is 9.79. The predicted molar refractivity (Wildman–Crippen MR) is 148 cm³/mol. The van der Waals surface area contributed by atoms with E-state index in [2.05, 4.69) is 51.9 Å². The summed E-state index contributed by atoms with van der Waals surface area (Å²) in [4.78, 5) is 29.4. The molecule has 0 spiro atoms. The van der Waals surface area contributed by atoms with E-state index in [1.165, 1.54) is 5.56 Å². The zero-order valence-corrected chi connectivity index (χ0v) is 21.8. The fourth-order valence-corrected chi connectivity index (χ4v) is 6.77. The molecule has 0 bridgehead atoms. The van der Waals surface area contributed by atoms with E-state index in [9.17, 15) is 9.59 Å². The Bertz CT molecular complexity index is 1300. The summed E-state index contributed by atoms with van der Waals surface area (Å²) in [5.74, 6) is 0.900. The number of likely N-dealkylation sites (tertiary alicyclic amines) is 1. The summed E-state index contributed by atoms with van der Waals surface area (Å²) < 4.78 is 5.58. The third-order valence-electron chi connectivity index (χ3n) is 8.64. The Morgan fingerprint density at radius 1 is 0.921 bits per heavy atom. The zero-order chi connectivity index (χ0) is 26.1. The van der Waals surface area contributed by atoms with Crippen LogP contribution in [0.15, 0.2) is 78.9 Å². The van der Waals surface area contributed by atoms with Crippen molar-refractivity contribution in [1.29, 1.82) is 0 Å². The molecule has 0 unspecified atom stereocenters. The number of carbonyl (C=O) groups is 2. The van der Waals surface area contributed by atoms with Gasteiger partial charge in [0.15, 0.2) is 0 Å². The maximum atomic E-state index is 14.3. The number of benzene rings is 3. The van der Waals surface area contributed by atoms with Crippen LogP contribution in [0, 0.1) is 11.8 Å². The number of carbonyl (C=O) groups excluding carboxylic acids is 2. The van der Waals surface area contributed by atoms with Gasteiger partial charge in [0.25, 0.3) is 5.91 Å². The summed E-state index contributed by atoms with van der Waals surface area (Å²) in [6.07, 6.45) is 4.59. The van der Waals surface area contributed by atoms with Crippen LogP contribution < -0.4 is 15.4 Å². The van der Waals surface area contributed by atoms with Crippen molar-refractivity contribution in [3.63, 3.8) is 0 Å². The lowest BCUT2D eigenvalue weighted by molar-refractivity contribution is -0.138. The molecule has 6 rings (SSSR count). The lowest BCUT2D eigenvalue weighted by Gasteiger charge is -2.42. The molecule has 1 saturated heterocycles. The van der Waals surface area contributed by atoms with Crippen LogP contribution in [0.3, 0.4) is 0 Å². The largest absolute Gasteiger partial charge is 0.497 e. The minimum Gasteiger partial charge on any atom is -0.497 e. The monoisotopic (exact) mass is 509 g/mol. The number of amides is 2. The van der Waals surface area contributed by atoms with Crippen LogP contribution in [0.25, 0.3) is 0 Å². The highest BCUT2D eigenvalue weighted by Crippen LogP contribution is 2.52. The van der Waals surface area contributed by atoms with Crippen LogP contribution >= 0.6 is 0 Å². The van der Waals surface area contributed by atoms with E-state index in [0.717, 1.165) is 49.1 Å². The molecule has 38 heavy (non-hydrogen) atoms. The topological polar surface area (TPSA) is 70.7 Å². The van der Waals surface area contributed by atoms with Gasteiger partial charge < -0.3 is 20.3 Å². The Labute approximate surface area is 224 Å². The standard InChI is InChI=1S/C32H35N3O3/c1-38-23-16-17-28-26(20-23)30-25(29(33-28)21-10-4-2-5-11-21)18-19-35(30)32(37)24-14-8-9-15-27(24)34-31(36)22-12-6-3-7-13-22/h2-7,10-13,16-17,20,24-25,27,29-30,33H,8-9,14-15,18-19H2,1H3,(H,34,36)/t24-,25+,27+,29-,30+/m0/s1. The Morgan fingerprint density at radius 3 is 2.42 bits per heavy atom. The number of hydrogen-bond acceptors (Lipinski definition) is 4. The van der Waals surface area contributed by atoms with Crippen LogP contribution in [0.2, 0.25) is 0 Å². The maximum Gasteiger partial charge on any atom is 0.251 e. The minimum atomic E-state index is -0.214. The van der Waals surface area contributed by atoms with Crippen LogP contribution in [0.5, 0.6) is 5.75 Å². The van der Waals surface area contributed by atoms with Crippen molar-refractivity contribution in [2.45, 2.75) is 50.2 Å². The number of fused-ring (bicyclic) bond motifs is 3. The van der Waals surface area contributed by atoms with Gasteiger partial charge in [0.1, 0.15) is 5.75 Å². The fraction of sp³-hybridized carbons (Fsp3) is 0.375. The molecule has 5 atom stereocenters. The lowest BCUT2D eigenvalue weighted by Crippen LogP contribution is -2.50. The Kier molecular flexibility index (Phi) is 6.79. The van der Waals surface area contributed by atoms with Crippen molar-refractivity contribution in [2.24, 2.45) is 11.8 Å². The summed E-state index contributed by atoms with van der Waals surface area (Å²) in [7, 11) is 1.68. The summed E-state index contributed by atoms with van der Waals surface area (Å²) in [5, 5.41) is 6.99. The van der Waals surface area contributed by atoms with E-state index in [0.29, 0.717) is 12.1 Å². The Hall–Kier alpha value is -3.80. The zero-order valence-electron chi connectivity index (χ0n) is 21.8. The quantitative estimate of drug-likeness (QED) is 0.460. The van der Waals surface area contributed by atoms with Gasteiger partial charge in [0.05, 0.1) is 25.1 Å². The van der Waals surface area contributed by atoms with Crippen molar-refractivity contribution in [2.75, 3.05) is 19.0 Å². The SMILES string of the molecule is COc1ccc2c(c1)[C@H]1[C@H](CCN1C(=O)[C@H]1CCCC[C@H]1NC(=O)c1ccccc1)[C@H](c1ccccc1)N2. The van der Waals surface area contributed by atoms with E-state index in [1.54, 1.807) is 7.11 Å². The number of nitrogens with zero attached hydrogens (tertiary/aromatic N) is 1. The predicted octanol–water partition coefficient (Wildman–Crippen LogP) is 5.74. The van der Waals surface area contributed by atoms with E-state index in [-0.39, 0.29) is 41.8 Å². The van der Waals surface area contributed by atoms with Gasteiger partial charge in [-0.2, -0.15) is 0 Å². The first-order valence-electron chi connectivity index (χ1n) is 13.8. The molecule has 1 aliphatic carbocycles. The molecule has 6 heteroatoms. The smallest absolute Gasteiger partial charge is 0.251 e. The maximum absolute atomic E-state index is 14.3. The van der Waals surface area contributed by atoms with E-state index < -0.39 is 0 Å². The van der Waals surface area contributed by atoms with Crippen molar-refractivity contribution >= 4 is 17.5 Å². The van der Waals surface area contributed by atoms with E-state index in [1.807, 2.05) is 42.5 Å². The molecule has 2 N–H and O–H groups in total. The van der Waals surface area contributed by atoms with Gasteiger partial charge in [0, 0.05) is 35.3 Å². The summed E-state index contributed by atoms with van der Waals surface area (Å²) in [5.41, 5.74) is 4.05. The molecule has 2 amide bonds. The van der Waals surface area contributed by atoms with Crippen LogP contribution in [-0.4, -0.2) is 36.4 Å². The number of ether oxygens (including phenoxy) is 1. The number of anilines is 1. The van der Waals surface area contributed by atoms with Crippen LogP contribution in [0.4, 0.5) is 5.69 Å². The summed E-state index contributed by atoms with van der Waals surface area (Å²) >= 11 is 0. The van der Waals surface area contributed by atoms with Gasteiger partial charge in [-0.3, -0.25) is 9.59 Å². The average molecular weight is 510 g/mol. The molecule has 3 aliphatic rings. The number of methoxy groups -OCH3 is 1. The molecular weight excluding hydrogens is 474 g/mol. The summed E-state index contributed by atoms with van der Waals surface area (Å²) in [6, 6.07) is 25.9. The van der Waals surface area contributed by atoms with Crippen LogP contribution in [0.1, 0.15) is 65.7 Å². The normalized spacial score (nSPS) is 26.0. The molecule has 2 fully saturated rings. The van der Waals surface area contributed by atoms with Gasteiger partial charge >= 0.3 is 0 Å². The van der Waals surface area contributed by atoms with Crippen molar-refractivity contribution in [3.8, 4) is 5.75 Å². The highest BCUT2D eigenvalue weighted by Gasteiger charge is 2.48. The molecule has 1 saturated carbocycles. The third-order valence-corrected chi connectivity index (χ3v) is 8.64. The first-order chi connectivity index (χ1) is 18.6. The van der Waals surface area contributed by atoms with Crippen molar-refractivity contribution < 1.29 is 14.3 Å². The highest BCUT2D eigenvalue weighted by atomic mass is 16.5. The van der Waals surface area contributed by atoms with Crippen molar-refractivity contribution in [1.82, 2.24) is 10.2 Å². The van der Waals surface area contributed by atoms with E-state index >= 15 is 0 Å². The molecule has 0 aromatic heterocycles. The second-order valence-corrected chi connectivity index (χ2v) is 10.8. The van der Waals surface area contributed by atoms with Crippen molar-refractivity contribution in [3.05, 3.63) is 95.6 Å². The van der Waals surface area contributed by atoms with Gasteiger partial charge in [-0.25, -0.2) is 0 Å². The number of hydrogen-bond donors (Lipinski definition) is 2. The molecule has 6 nitrogen and oxygen atoms in total.